The third kappa shape index (κ3) is 4.10. The summed E-state index contributed by atoms with van der Waals surface area (Å²) in [5.41, 5.74) is 1.08. The summed E-state index contributed by atoms with van der Waals surface area (Å²) >= 11 is 0. The quantitative estimate of drug-likeness (QED) is 0.723. The van der Waals surface area contributed by atoms with E-state index in [0.717, 1.165) is 0 Å². The van der Waals surface area contributed by atoms with Crippen LogP contribution in [0.5, 0.6) is 23.0 Å². The molecule has 1 N–H and O–H groups in total. The van der Waals surface area contributed by atoms with Crippen LogP contribution in [0.3, 0.4) is 0 Å². The number of amides is 1. The van der Waals surface area contributed by atoms with Crippen LogP contribution in [0.1, 0.15) is 10.4 Å². The van der Waals surface area contributed by atoms with Crippen LogP contribution in [0.2, 0.25) is 0 Å². The van der Waals surface area contributed by atoms with Gasteiger partial charge in [0.1, 0.15) is 11.5 Å². The van der Waals surface area contributed by atoms with Crippen molar-refractivity contribution in [3.05, 3.63) is 72.6 Å². The number of aromatic nitrogens is 1. The Morgan fingerprint density at radius 2 is 1.65 bits per heavy atom. The van der Waals surface area contributed by atoms with E-state index in [1.54, 1.807) is 68.0 Å². The largest absolute Gasteiger partial charge is 0.493 e. The molecule has 0 aliphatic carbocycles. The number of nitrogens with one attached hydrogen (secondary N) is 1. The average molecular weight is 350 g/mol. The Balaban J connectivity index is 1.74. The number of carbonyl (C=O) groups is 1. The number of pyridine rings is 1. The Hall–Kier alpha value is -3.54. The molecule has 0 unspecified atom stereocenters. The summed E-state index contributed by atoms with van der Waals surface area (Å²) in [6.45, 7) is 0. The van der Waals surface area contributed by atoms with Crippen LogP contribution >= 0.6 is 0 Å². The Morgan fingerprint density at radius 1 is 0.885 bits per heavy atom. The lowest BCUT2D eigenvalue weighted by Crippen LogP contribution is -2.12. The Morgan fingerprint density at radius 3 is 2.38 bits per heavy atom. The second kappa shape index (κ2) is 8.02. The first-order valence-electron chi connectivity index (χ1n) is 7.91. The van der Waals surface area contributed by atoms with Gasteiger partial charge in [-0.3, -0.25) is 9.78 Å². The van der Waals surface area contributed by atoms with E-state index < -0.39 is 0 Å². The van der Waals surface area contributed by atoms with Gasteiger partial charge in [0.25, 0.3) is 5.91 Å². The molecule has 1 amide bonds. The molecule has 0 fully saturated rings. The maximum absolute atomic E-state index is 12.5. The number of anilines is 1. The molecule has 0 radical (unpaired) electrons. The molecule has 0 saturated carbocycles. The first kappa shape index (κ1) is 17.3. The van der Waals surface area contributed by atoms with Crippen molar-refractivity contribution in [1.82, 2.24) is 4.98 Å². The van der Waals surface area contributed by atoms with E-state index in [1.807, 2.05) is 6.07 Å². The first-order valence-corrected chi connectivity index (χ1v) is 7.91. The van der Waals surface area contributed by atoms with Crippen LogP contribution in [0, 0.1) is 0 Å². The topological polar surface area (TPSA) is 69.7 Å². The fourth-order valence-corrected chi connectivity index (χ4v) is 2.36. The molecular weight excluding hydrogens is 332 g/mol. The van der Waals surface area contributed by atoms with Gasteiger partial charge in [-0.05, 0) is 42.5 Å². The standard InChI is InChI=1S/C20H18N2O4/c1-24-18-7-6-14(12-19(18)25-2)20(23)22-15-4-3-5-17(13-15)26-16-8-10-21-11-9-16/h3-13H,1-2H3,(H,22,23). The van der Waals surface area contributed by atoms with Gasteiger partial charge in [-0.1, -0.05) is 6.07 Å². The van der Waals surface area contributed by atoms with Crippen molar-refractivity contribution in [3.8, 4) is 23.0 Å². The van der Waals surface area contributed by atoms with Crippen molar-refractivity contribution in [2.24, 2.45) is 0 Å². The lowest BCUT2D eigenvalue weighted by atomic mass is 10.2. The monoisotopic (exact) mass is 350 g/mol. The second-order valence-electron chi connectivity index (χ2n) is 5.34. The number of hydrogen-bond donors (Lipinski definition) is 1. The highest BCUT2D eigenvalue weighted by molar-refractivity contribution is 6.04. The third-order valence-corrected chi connectivity index (χ3v) is 3.62. The van der Waals surface area contributed by atoms with Gasteiger partial charge in [0.2, 0.25) is 0 Å². The van der Waals surface area contributed by atoms with Crippen LogP contribution < -0.4 is 19.5 Å². The number of rotatable bonds is 6. The maximum atomic E-state index is 12.5. The lowest BCUT2D eigenvalue weighted by molar-refractivity contribution is 0.102. The van der Waals surface area contributed by atoms with E-state index >= 15 is 0 Å². The molecule has 0 bridgehead atoms. The van der Waals surface area contributed by atoms with Crippen LogP contribution in [-0.2, 0) is 0 Å². The van der Waals surface area contributed by atoms with Crippen LogP contribution in [0.15, 0.2) is 67.0 Å². The van der Waals surface area contributed by atoms with Crippen molar-refractivity contribution in [2.45, 2.75) is 0 Å². The van der Waals surface area contributed by atoms with E-state index in [0.29, 0.717) is 34.2 Å². The van der Waals surface area contributed by atoms with Gasteiger partial charge in [-0.15, -0.1) is 0 Å². The van der Waals surface area contributed by atoms with Gasteiger partial charge in [0, 0.05) is 29.7 Å². The Bertz CT molecular complexity index is 897. The molecule has 0 aliphatic heterocycles. The smallest absolute Gasteiger partial charge is 0.255 e. The molecule has 26 heavy (non-hydrogen) atoms. The van der Waals surface area contributed by atoms with Gasteiger partial charge in [-0.2, -0.15) is 0 Å². The summed E-state index contributed by atoms with van der Waals surface area (Å²) in [4.78, 5) is 16.4. The second-order valence-corrected chi connectivity index (χ2v) is 5.34. The predicted molar refractivity (Wildman–Crippen MR) is 98.3 cm³/mol. The zero-order chi connectivity index (χ0) is 18.4. The minimum Gasteiger partial charge on any atom is -0.493 e. The van der Waals surface area contributed by atoms with Gasteiger partial charge < -0.3 is 19.5 Å². The highest BCUT2D eigenvalue weighted by Crippen LogP contribution is 2.28. The number of hydrogen-bond acceptors (Lipinski definition) is 5. The maximum Gasteiger partial charge on any atom is 0.255 e. The number of ether oxygens (including phenoxy) is 3. The Labute approximate surface area is 151 Å². The van der Waals surface area contributed by atoms with Crippen LogP contribution in [0.4, 0.5) is 5.69 Å². The molecule has 6 nitrogen and oxygen atoms in total. The lowest BCUT2D eigenvalue weighted by Gasteiger charge is -2.11. The molecule has 0 atom stereocenters. The molecular formula is C20H18N2O4. The molecule has 3 aromatic rings. The average Bonchev–Trinajstić information content (AvgIpc) is 2.68. The van der Waals surface area contributed by atoms with Crippen LogP contribution in [-0.4, -0.2) is 25.1 Å². The zero-order valence-electron chi connectivity index (χ0n) is 14.4. The van der Waals surface area contributed by atoms with Gasteiger partial charge in [0.05, 0.1) is 14.2 Å². The molecule has 0 aliphatic rings. The zero-order valence-corrected chi connectivity index (χ0v) is 14.4. The van der Waals surface area contributed by atoms with Crippen molar-refractivity contribution in [1.29, 1.82) is 0 Å². The molecule has 2 aromatic carbocycles. The van der Waals surface area contributed by atoms with Crippen molar-refractivity contribution in [2.75, 3.05) is 19.5 Å². The molecule has 3 rings (SSSR count). The van der Waals surface area contributed by atoms with E-state index in [1.165, 1.54) is 7.11 Å². The molecule has 1 heterocycles. The molecule has 0 saturated heterocycles. The van der Waals surface area contributed by atoms with Gasteiger partial charge in [-0.25, -0.2) is 0 Å². The summed E-state index contributed by atoms with van der Waals surface area (Å²) in [7, 11) is 3.07. The van der Waals surface area contributed by atoms with Crippen LogP contribution in [0.25, 0.3) is 0 Å². The summed E-state index contributed by atoms with van der Waals surface area (Å²) < 4.78 is 16.2. The predicted octanol–water partition coefficient (Wildman–Crippen LogP) is 4.14. The van der Waals surface area contributed by atoms with Gasteiger partial charge >= 0.3 is 0 Å². The number of benzene rings is 2. The van der Waals surface area contributed by atoms with E-state index in [9.17, 15) is 4.79 Å². The van der Waals surface area contributed by atoms with Gasteiger partial charge in [0.15, 0.2) is 11.5 Å². The fourth-order valence-electron chi connectivity index (χ4n) is 2.36. The highest BCUT2D eigenvalue weighted by Gasteiger charge is 2.11. The summed E-state index contributed by atoms with van der Waals surface area (Å²) in [5.74, 6) is 2.09. The number of carbonyl (C=O) groups excluding carboxylic acids is 1. The van der Waals surface area contributed by atoms with E-state index in [4.69, 9.17) is 14.2 Å². The molecule has 6 heteroatoms. The van der Waals surface area contributed by atoms with Crippen molar-refractivity contribution in [3.63, 3.8) is 0 Å². The summed E-state index contributed by atoms with van der Waals surface area (Å²) in [6.07, 6.45) is 3.30. The van der Waals surface area contributed by atoms with Crippen molar-refractivity contribution < 1.29 is 19.0 Å². The third-order valence-electron chi connectivity index (χ3n) is 3.62. The normalized spacial score (nSPS) is 10.1. The SMILES string of the molecule is COc1ccc(C(=O)Nc2cccc(Oc3ccncc3)c2)cc1OC. The van der Waals surface area contributed by atoms with E-state index in [-0.39, 0.29) is 5.91 Å². The first-order chi connectivity index (χ1) is 12.7. The number of nitrogens with zero attached hydrogens (tertiary/aromatic N) is 1. The molecule has 0 spiro atoms. The van der Waals surface area contributed by atoms with Crippen molar-refractivity contribution >= 4 is 11.6 Å². The Kier molecular flexibility index (Phi) is 5.34. The molecule has 132 valence electrons. The van der Waals surface area contributed by atoms with E-state index in [2.05, 4.69) is 10.3 Å². The minimum absolute atomic E-state index is 0.257. The summed E-state index contributed by atoms with van der Waals surface area (Å²) in [6, 6.07) is 15.7. The summed E-state index contributed by atoms with van der Waals surface area (Å²) in [5, 5.41) is 2.85. The minimum atomic E-state index is -0.257. The highest BCUT2D eigenvalue weighted by atomic mass is 16.5. The molecule has 1 aromatic heterocycles. The fraction of sp³-hybridized carbons (Fsp3) is 0.100. The number of methoxy groups -OCH3 is 2.